The van der Waals surface area contributed by atoms with E-state index in [-0.39, 0.29) is 17.5 Å². The Morgan fingerprint density at radius 2 is 2.33 bits per heavy atom. The zero-order valence-corrected chi connectivity index (χ0v) is 11.6. The highest BCUT2D eigenvalue weighted by molar-refractivity contribution is 5.83. The third-order valence-corrected chi connectivity index (χ3v) is 3.54. The van der Waals surface area contributed by atoms with Crippen molar-refractivity contribution in [2.24, 2.45) is 10.9 Å². The van der Waals surface area contributed by atoms with Crippen LogP contribution in [0.3, 0.4) is 0 Å². The highest BCUT2D eigenvalue weighted by atomic mass is 16.5. The summed E-state index contributed by atoms with van der Waals surface area (Å²) in [6.45, 7) is 7.30. The minimum absolute atomic E-state index is 0.0462. The molecule has 0 bridgehead atoms. The molecule has 0 aromatic rings. The summed E-state index contributed by atoms with van der Waals surface area (Å²) < 4.78 is 11.0. The first-order chi connectivity index (χ1) is 8.50. The Balaban J connectivity index is 2.27. The van der Waals surface area contributed by atoms with Crippen LogP contribution in [0, 0.1) is 0 Å². The summed E-state index contributed by atoms with van der Waals surface area (Å²) in [7, 11) is 1.76. The number of nitrogens with two attached hydrogens (primary N) is 1. The van der Waals surface area contributed by atoms with Crippen LogP contribution in [0.4, 0.5) is 0 Å². The molecule has 0 amide bonds. The predicted octanol–water partition coefficient (Wildman–Crippen LogP) is 0.639. The predicted molar refractivity (Wildman–Crippen MR) is 69.9 cm³/mol. The Kier molecular flexibility index (Phi) is 5.84. The van der Waals surface area contributed by atoms with Crippen LogP contribution in [0.1, 0.15) is 26.7 Å². The largest absolute Gasteiger partial charge is 0.409 e. The van der Waals surface area contributed by atoms with Crippen molar-refractivity contribution in [1.82, 2.24) is 4.90 Å². The van der Waals surface area contributed by atoms with Gasteiger partial charge in [-0.15, -0.1) is 0 Å². The molecule has 2 atom stereocenters. The maximum atomic E-state index is 8.51. The van der Waals surface area contributed by atoms with Crippen molar-refractivity contribution in [1.29, 1.82) is 0 Å². The molecule has 0 radical (unpaired) electrons. The van der Waals surface area contributed by atoms with E-state index in [0.717, 1.165) is 32.5 Å². The van der Waals surface area contributed by atoms with Crippen molar-refractivity contribution in [2.75, 3.05) is 33.4 Å². The van der Waals surface area contributed by atoms with Gasteiger partial charge in [0.2, 0.25) is 0 Å². The molecule has 0 aliphatic carbocycles. The maximum absolute atomic E-state index is 8.51. The zero-order valence-electron chi connectivity index (χ0n) is 11.6. The number of likely N-dealkylation sites (tertiary alicyclic amines) is 1. The van der Waals surface area contributed by atoms with Gasteiger partial charge in [0.1, 0.15) is 6.10 Å². The Bertz CT molecular complexity index is 286. The molecule has 1 heterocycles. The SMILES string of the molecule is COC1(C)CCCN(CCOC(C)C(N)=NO)C1. The fourth-order valence-corrected chi connectivity index (χ4v) is 2.19. The molecule has 1 aliphatic rings. The fourth-order valence-electron chi connectivity index (χ4n) is 2.19. The van der Waals surface area contributed by atoms with Crippen LogP contribution in [0.25, 0.3) is 0 Å². The average molecular weight is 259 g/mol. The summed E-state index contributed by atoms with van der Waals surface area (Å²) in [5.74, 6) is 0.107. The normalized spacial score (nSPS) is 28.3. The van der Waals surface area contributed by atoms with Crippen molar-refractivity contribution in [3.63, 3.8) is 0 Å². The van der Waals surface area contributed by atoms with Crippen LogP contribution in [0.5, 0.6) is 0 Å². The minimum atomic E-state index is -0.353. The van der Waals surface area contributed by atoms with Gasteiger partial charge in [0.15, 0.2) is 5.84 Å². The minimum Gasteiger partial charge on any atom is -0.409 e. The number of amidine groups is 1. The number of piperidine rings is 1. The number of oxime groups is 1. The lowest BCUT2D eigenvalue weighted by atomic mass is 9.95. The lowest BCUT2D eigenvalue weighted by Gasteiger charge is -2.39. The van der Waals surface area contributed by atoms with E-state index >= 15 is 0 Å². The third-order valence-electron chi connectivity index (χ3n) is 3.54. The lowest BCUT2D eigenvalue weighted by molar-refractivity contribution is -0.0562. The van der Waals surface area contributed by atoms with Crippen molar-refractivity contribution >= 4 is 5.84 Å². The van der Waals surface area contributed by atoms with Gasteiger partial charge in [-0.2, -0.15) is 0 Å². The number of ether oxygens (including phenoxy) is 2. The summed E-state index contributed by atoms with van der Waals surface area (Å²) >= 11 is 0. The van der Waals surface area contributed by atoms with Crippen LogP contribution < -0.4 is 5.73 Å². The second-order valence-electron chi connectivity index (χ2n) is 5.07. The number of hydrogen-bond donors (Lipinski definition) is 2. The number of methoxy groups -OCH3 is 1. The fraction of sp³-hybridized carbons (Fsp3) is 0.917. The lowest BCUT2D eigenvalue weighted by Crippen LogP contribution is -2.48. The molecule has 0 spiro atoms. The molecule has 106 valence electrons. The molecular formula is C12H25N3O3. The molecule has 3 N–H and O–H groups in total. The maximum Gasteiger partial charge on any atom is 0.168 e. The molecule has 6 heteroatoms. The first-order valence-electron chi connectivity index (χ1n) is 6.37. The van der Waals surface area contributed by atoms with Gasteiger partial charge in [-0.3, -0.25) is 4.90 Å². The Hall–Kier alpha value is -0.850. The first kappa shape index (κ1) is 15.2. The monoisotopic (exact) mass is 259 g/mol. The van der Waals surface area contributed by atoms with E-state index in [1.54, 1.807) is 14.0 Å². The topological polar surface area (TPSA) is 80.3 Å². The molecule has 18 heavy (non-hydrogen) atoms. The number of rotatable bonds is 6. The van der Waals surface area contributed by atoms with Gasteiger partial charge >= 0.3 is 0 Å². The van der Waals surface area contributed by atoms with Crippen molar-refractivity contribution in [2.45, 2.75) is 38.4 Å². The van der Waals surface area contributed by atoms with Gasteiger partial charge in [0.05, 0.1) is 12.2 Å². The molecular weight excluding hydrogens is 234 g/mol. The van der Waals surface area contributed by atoms with Crippen LogP contribution in [0.2, 0.25) is 0 Å². The molecule has 1 fully saturated rings. The molecule has 2 unspecified atom stereocenters. The quantitative estimate of drug-likeness (QED) is 0.317. The molecule has 6 nitrogen and oxygen atoms in total. The third kappa shape index (κ3) is 4.44. The van der Waals surface area contributed by atoms with E-state index < -0.39 is 0 Å². The van der Waals surface area contributed by atoms with Gasteiger partial charge in [0, 0.05) is 20.2 Å². The van der Waals surface area contributed by atoms with Crippen LogP contribution in [-0.4, -0.2) is 61.0 Å². The van der Waals surface area contributed by atoms with Crippen LogP contribution in [-0.2, 0) is 9.47 Å². The zero-order chi connectivity index (χ0) is 13.6. The van der Waals surface area contributed by atoms with Crippen LogP contribution in [0.15, 0.2) is 5.16 Å². The van der Waals surface area contributed by atoms with Crippen LogP contribution >= 0.6 is 0 Å². The number of hydrogen-bond acceptors (Lipinski definition) is 5. The summed E-state index contributed by atoms with van der Waals surface area (Å²) in [4.78, 5) is 2.33. The first-order valence-corrected chi connectivity index (χ1v) is 6.37. The van der Waals surface area contributed by atoms with Gasteiger partial charge in [-0.05, 0) is 33.2 Å². The van der Waals surface area contributed by atoms with Crippen molar-refractivity contribution in [3.05, 3.63) is 0 Å². The Morgan fingerprint density at radius 3 is 2.94 bits per heavy atom. The van der Waals surface area contributed by atoms with Gasteiger partial charge in [-0.25, -0.2) is 0 Å². The van der Waals surface area contributed by atoms with E-state index in [0.29, 0.717) is 6.61 Å². The molecule has 0 saturated carbocycles. The highest BCUT2D eigenvalue weighted by Crippen LogP contribution is 2.23. The second kappa shape index (κ2) is 6.92. The molecule has 1 aliphatic heterocycles. The van der Waals surface area contributed by atoms with Crippen molar-refractivity contribution in [3.8, 4) is 0 Å². The van der Waals surface area contributed by atoms with E-state index in [1.165, 1.54) is 0 Å². The van der Waals surface area contributed by atoms with Gasteiger partial charge in [-0.1, -0.05) is 5.16 Å². The molecule has 0 aromatic heterocycles. The number of nitrogens with zero attached hydrogens (tertiary/aromatic N) is 2. The summed E-state index contributed by atoms with van der Waals surface area (Å²) in [6, 6.07) is 0. The van der Waals surface area contributed by atoms with E-state index in [1.807, 2.05) is 0 Å². The van der Waals surface area contributed by atoms with E-state index in [4.69, 9.17) is 20.4 Å². The summed E-state index contributed by atoms with van der Waals surface area (Å²) in [5.41, 5.74) is 5.40. The molecule has 1 saturated heterocycles. The second-order valence-corrected chi connectivity index (χ2v) is 5.07. The Morgan fingerprint density at radius 1 is 1.61 bits per heavy atom. The van der Waals surface area contributed by atoms with Gasteiger partial charge in [0.25, 0.3) is 0 Å². The summed E-state index contributed by atoms with van der Waals surface area (Å²) in [5, 5.41) is 11.4. The summed E-state index contributed by atoms with van der Waals surface area (Å²) in [6.07, 6.45) is 1.88. The molecule has 1 rings (SSSR count). The van der Waals surface area contributed by atoms with E-state index in [2.05, 4.69) is 17.0 Å². The van der Waals surface area contributed by atoms with Crippen molar-refractivity contribution < 1.29 is 14.7 Å². The Labute approximate surface area is 109 Å². The van der Waals surface area contributed by atoms with Gasteiger partial charge < -0.3 is 20.4 Å². The standard InChI is InChI=1S/C12H25N3O3/c1-10(11(13)14-16)18-8-7-15-6-4-5-12(2,9-15)17-3/h10,16H,4-9H2,1-3H3,(H2,13,14). The molecule has 0 aromatic carbocycles. The van der Waals surface area contributed by atoms with E-state index in [9.17, 15) is 0 Å². The average Bonchev–Trinajstić information content (AvgIpc) is 2.38. The highest BCUT2D eigenvalue weighted by Gasteiger charge is 2.30. The smallest absolute Gasteiger partial charge is 0.168 e.